The van der Waals surface area contributed by atoms with Crippen molar-refractivity contribution in [3.05, 3.63) is 68.7 Å². The van der Waals surface area contributed by atoms with Gasteiger partial charge in [0.05, 0.1) is 25.4 Å². The summed E-state index contributed by atoms with van der Waals surface area (Å²) in [5, 5.41) is 3.88. The van der Waals surface area contributed by atoms with Crippen LogP contribution >= 0.6 is 23.2 Å². The second-order valence-corrected chi connectivity index (χ2v) is 12.3. The Bertz CT molecular complexity index is 1390. The van der Waals surface area contributed by atoms with Gasteiger partial charge in [0.15, 0.2) is 9.84 Å². The van der Waals surface area contributed by atoms with Gasteiger partial charge in [-0.05, 0) is 41.0 Å². The number of halogens is 5. The molecule has 3 heterocycles. The van der Waals surface area contributed by atoms with E-state index in [4.69, 9.17) is 32.8 Å². The lowest BCUT2D eigenvalue weighted by molar-refractivity contribution is -0.275. The normalized spacial score (nSPS) is 22.7. The fourth-order valence-electron chi connectivity index (χ4n) is 4.80. The number of oxime groups is 1. The third kappa shape index (κ3) is 4.25. The molecule has 0 unspecified atom stereocenters. The summed E-state index contributed by atoms with van der Waals surface area (Å²) in [6.07, 6.45) is -4.39. The van der Waals surface area contributed by atoms with Crippen LogP contribution < -0.4 is 0 Å². The van der Waals surface area contributed by atoms with Crippen LogP contribution in [0.1, 0.15) is 28.7 Å². The number of alkyl halides is 3. The fourth-order valence-corrected chi connectivity index (χ4v) is 5.96. The monoisotopic (exact) mass is 562 g/mol. The number of hydrogen-bond donors (Lipinski definition) is 0. The van der Waals surface area contributed by atoms with Crippen LogP contribution in [0.5, 0.6) is 0 Å². The summed E-state index contributed by atoms with van der Waals surface area (Å²) < 4.78 is 71.5. The van der Waals surface area contributed by atoms with Crippen molar-refractivity contribution < 1.29 is 36.0 Å². The van der Waals surface area contributed by atoms with Gasteiger partial charge in [0.2, 0.25) is 5.91 Å². The summed E-state index contributed by atoms with van der Waals surface area (Å²) in [6.45, 7) is 0.592. The van der Waals surface area contributed by atoms with Crippen LogP contribution in [0.3, 0.4) is 0 Å². The summed E-state index contributed by atoms with van der Waals surface area (Å²) in [6, 6.07) is 8.73. The number of nitrogens with zero attached hydrogens (tertiary/aromatic N) is 2. The predicted octanol–water partition coefficient (Wildman–Crippen LogP) is 4.19. The molecule has 1 amide bonds. The second-order valence-electron chi connectivity index (χ2n) is 9.26. The molecule has 2 aromatic carbocycles. The van der Waals surface area contributed by atoms with Gasteiger partial charge in [0.1, 0.15) is 11.4 Å². The Morgan fingerprint density at radius 1 is 1.14 bits per heavy atom. The highest BCUT2D eigenvalue weighted by Crippen LogP contribution is 2.50. The van der Waals surface area contributed by atoms with Gasteiger partial charge >= 0.3 is 6.18 Å². The molecule has 1 atom stereocenters. The van der Waals surface area contributed by atoms with Crippen molar-refractivity contribution in [2.75, 3.05) is 25.1 Å². The molecule has 2 aromatic rings. The molecule has 1 spiro atoms. The average molecular weight is 563 g/mol. The molecular weight excluding hydrogens is 544 g/mol. The van der Waals surface area contributed by atoms with E-state index in [0.29, 0.717) is 5.56 Å². The first-order valence-electron chi connectivity index (χ1n) is 10.7. The molecule has 0 bridgehead atoms. The smallest absolute Gasteiger partial charge is 0.374 e. The number of sulfone groups is 1. The molecule has 1 saturated heterocycles. The number of hydrogen-bond acceptors (Lipinski definition) is 6. The Kier molecular flexibility index (Phi) is 5.86. The van der Waals surface area contributed by atoms with E-state index in [1.807, 2.05) is 0 Å². The van der Waals surface area contributed by atoms with Crippen LogP contribution in [0, 0.1) is 0 Å². The minimum atomic E-state index is -4.80. The average Bonchev–Trinajstić information content (AvgIpc) is 3.33. The van der Waals surface area contributed by atoms with Crippen LogP contribution in [-0.4, -0.2) is 56.2 Å². The van der Waals surface area contributed by atoms with E-state index < -0.39 is 45.3 Å². The van der Waals surface area contributed by atoms with E-state index in [1.54, 1.807) is 18.2 Å². The molecule has 192 valence electrons. The fraction of sp³-hybridized carbons (Fsp3) is 0.391. The van der Waals surface area contributed by atoms with Crippen molar-refractivity contribution in [2.45, 2.75) is 30.4 Å². The van der Waals surface area contributed by atoms with Gasteiger partial charge in [-0.3, -0.25) is 4.79 Å². The molecule has 13 heteroatoms. The van der Waals surface area contributed by atoms with E-state index in [-0.39, 0.29) is 41.0 Å². The second kappa shape index (κ2) is 8.34. The molecule has 3 aliphatic heterocycles. The summed E-state index contributed by atoms with van der Waals surface area (Å²) in [5.41, 5.74) is -1.64. The molecule has 0 aliphatic carbocycles. The molecule has 36 heavy (non-hydrogen) atoms. The van der Waals surface area contributed by atoms with Crippen molar-refractivity contribution in [3.63, 3.8) is 0 Å². The number of amides is 1. The summed E-state index contributed by atoms with van der Waals surface area (Å²) in [5.74, 6) is -1.08. The maximum absolute atomic E-state index is 14.3. The standard InChI is InChI=1S/C23H19Cl2F3N2O5S/c1-36(32,33)10-20(31)30-11-21(12-30)18-3-2-13(4-14(18)9-34-21)19-8-22(35-29-19,23(26,27)28)15-5-16(24)7-17(25)6-15/h2-7H,8-12H2,1H3/t22-/m0/s1. The predicted molar refractivity (Wildman–Crippen MR) is 126 cm³/mol. The van der Waals surface area contributed by atoms with Crippen molar-refractivity contribution in [1.29, 1.82) is 0 Å². The first kappa shape index (κ1) is 25.3. The Labute approximate surface area is 214 Å². The lowest BCUT2D eigenvalue weighted by Gasteiger charge is -2.47. The maximum atomic E-state index is 14.3. The summed E-state index contributed by atoms with van der Waals surface area (Å²) in [4.78, 5) is 18.6. The van der Waals surface area contributed by atoms with E-state index >= 15 is 0 Å². The summed E-state index contributed by atoms with van der Waals surface area (Å²) in [7, 11) is -3.45. The number of rotatable bonds is 4. The third-order valence-corrected chi connectivity index (χ3v) is 7.79. The Balaban J connectivity index is 1.37. The lowest BCUT2D eigenvalue weighted by atomic mass is 9.83. The van der Waals surface area contributed by atoms with E-state index in [1.165, 1.54) is 11.0 Å². The van der Waals surface area contributed by atoms with Crippen LogP contribution in [0.25, 0.3) is 0 Å². The molecule has 5 rings (SSSR count). The molecule has 0 radical (unpaired) electrons. The maximum Gasteiger partial charge on any atom is 0.435 e. The Hall–Kier alpha value is -2.34. The van der Waals surface area contributed by atoms with Gasteiger partial charge in [-0.2, -0.15) is 13.2 Å². The van der Waals surface area contributed by atoms with Gasteiger partial charge in [-0.15, -0.1) is 0 Å². The highest BCUT2D eigenvalue weighted by Gasteiger charge is 2.62. The lowest BCUT2D eigenvalue weighted by Crippen LogP contribution is -2.62. The van der Waals surface area contributed by atoms with Crippen LogP contribution in [0.15, 0.2) is 41.6 Å². The quantitative estimate of drug-likeness (QED) is 0.558. The van der Waals surface area contributed by atoms with Gasteiger partial charge in [0.25, 0.3) is 5.60 Å². The van der Waals surface area contributed by atoms with Gasteiger partial charge in [-0.25, -0.2) is 8.42 Å². The van der Waals surface area contributed by atoms with Gasteiger partial charge in [0, 0.05) is 28.3 Å². The number of likely N-dealkylation sites (tertiary alicyclic amines) is 1. The number of benzene rings is 2. The third-order valence-electron chi connectivity index (χ3n) is 6.58. The van der Waals surface area contributed by atoms with E-state index in [2.05, 4.69) is 5.16 Å². The molecule has 7 nitrogen and oxygen atoms in total. The van der Waals surface area contributed by atoms with Crippen molar-refractivity contribution in [2.24, 2.45) is 5.16 Å². The number of carbonyl (C=O) groups excluding carboxylic acids is 1. The number of carbonyl (C=O) groups is 1. The molecule has 0 saturated carbocycles. The molecule has 3 aliphatic rings. The van der Waals surface area contributed by atoms with Gasteiger partial charge in [-0.1, -0.05) is 40.5 Å². The zero-order valence-electron chi connectivity index (χ0n) is 18.7. The Morgan fingerprint density at radius 3 is 2.42 bits per heavy atom. The zero-order chi connectivity index (χ0) is 26.1. The topological polar surface area (TPSA) is 85.3 Å². The van der Waals surface area contributed by atoms with Gasteiger partial charge < -0.3 is 14.5 Å². The Morgan fingerprint density at radius 2 is 1.81 bits per heavy atom. The molecular formula is C23H19Cl2F3N2O5S. The van der Waals surface area contributed by atoms with Crippen molar-refractivity contribution >= 4 is 44.7 Å². The van der Waals surface area contributed by atoms with Crippen LogP contribution in [0.2, 0.25) is 10.0 Å². The zero-order valence-corrected chi connectivity index (χ0v) is 21.1. The largest absolute Gasteiger partial charge is 0.435 e. The van der Waals surface area contributed by atoms with Crippen molar-refractivity contribution in [1.82, 2.24) is 4.90 Å². The first-order valence-corrected chi connectivity index (χ1v) is 13.5. The van der Waals surface area contributed by atoms with E-state index in [0.717, 1.165) is 29.5 Å². The number of fused-ring (bicyclic) bond motifs is 2. The summed E-state index contributed by atoms with van der Waals surface area (Å²) >= 11 is 11.9. The highest BCUT2D eigenvalue weighted by atomic mass is 35.5. The molecule has 0 aromatic heterocycles. The minimum Gasteiger partial charge on any atom is -0.374 e. The minimum absolute atomic E-state index is 0.0442. The molecule has 0 N–H and O–H groups in total. The van der Waals surface area contributed by atoms with E-state index in [9.17, 15) is 26.4 Å². The van der Waals surface area contributed by atoms with Crippen molar-refractivity contribution in [3.8, 4) is 0 Å². The highest BCUT2D eigenvalue weighted by molar-refractivity contribution is 7.91. The molecule has 1 fully saturated rings. The number of ether oxygens (including phenoxy) is 1. The van der Waals surface area contributed by atoms with Crippen LogP contribution in [-0.2, 0) is 42.0 Å². The van der Waals surface area contributed by atoms with Crippen LogP contribution in [0.4, 0.5) is 13.2 Å². The first-order chi connectivity index (χ1) is 16.7. The SMILES string of the molecule is CS(=O)(=O)CC(=O)N1CC2(C1)OCc1cc(C3=NO[C@@](c4cc(Cl)cc(Cl)c4)(C(F)(F)F)C3)ccc12.